The predicted molar refractivity (Wildman–Crippen MR) is 99.7 cm³/mol. The van der Waals surface area contributed by atoms with E-state index in [9.17, 15) is 13.8 Å². The Morgan fingerprint density at radius 1 is 0.840 bits per heavy atom. The van der Waals surface area contributed by atoms with Crippen molar-refractivity contribution in [1.82, 2.24) is 0 Å². The molecule has 5 heteroatoms. The maximum absolute atomic E-state index is 13.7. The van der Waals surface area contributed by atoms with Crippen LogP contribution in [0.4, 0.5) is 10.1 Å². The molecule has 0 heterocycles. The first kappa shape index (κ1) is 17.1. The van der Waals surface area contributed by atoms with Crippen molar-refractivity contribution in [1.29, 1.82) is 0 Å². The molecule has 3 aromatic carbocycles. The van der Waals surface area contributed by atoms with Gasteiger partial charge in [0.15, 0.2) is 7.14 Å². The second-order valence-electron chi connectivity index (χ2n) is 5.63. The summed E-state index contributed by atoms with van der Waals surface area (Å²) in [5.74, 6) is -0.853. The Morgan fingerprint density at radius 2 is 1.40 bits per heavy atom. The van der Waals surface area contributed by atoms with Gasteiger partial charge in [-0.1, -0.05) is 66.7 Å². The van der Waals surface area contributed by atoms with Gasteiger partial charge in [0.05, 0.1) is 6.16 Å². The molecule has 3 rings (SSSR count). The van der Waals surface area contributed by atoms with Gasteiger partial charge >= 0.3 is 0 Å². The molecule has 0 radical (unpaired) electrons. The smallest absolute Gasteiger partial charge is 0.232 e. The summed E-state index contributed by atoms with van der Waals surface area (Å²) in [4.78, 5) is 12.5. The second-order valence-corrected chi connectivity index (χ2v) is 8.46. The molecule has 0 aliphatic carbocycles. The van der Waals surface area contributed by atoms with Crippen molar-refractivity contribution in [3.63, 3.8) is 0 Å². The molecule has 0 aromatic heterocycles. The topological polar surface area (TPSA) is 46.2 Å². The third kappa shape index (κ3) is 4.04. The van der Waals surface area contributed by atoms with Crippen LogP contribution in [0.1, 0.15) is 0 Å². The second kappa shape index (κ2) is 7.45. The van der Waals surface area contributed by atoms with Gasteiger partial charge in [-0.3, -0.25) is 4.79 Å². The fourth-order valence-corrected chi connectivity index (χ4v) is 5.09. The lowest BCUT2D eigenvalue weighted by atomic mass is 10.3. The Bertz CT molecular complexity index is 870. The van der Waals surface area contributed by atoms with E-state index in [-0.39, 0.29) is 6.16 Å². The van der Waals surface area contributed by atoms with Crippen molar-refractivity contribution in [3.8, 4) is 0 Å². The molecule has 0 saturated heterocycles. The molecule has 0 saturated carbocycles. The van der Waals surface area contributed by atoms with Crippen LogP contribution in [0.25, 0.3) is 0 Å². The number of carbonyl (C=O) groups is 1. The highest BCUT2D eigenvalue weighted by Crippen LogP contribution is 2.43. The molecule has 3 nitrogen and oxygen atoms in total. The van der Waals surface area contributed by atoms with Gasteiger partial charge in [0, 0.05) is 16.3 Å². The largest absolute Gasteiger partial charge is 0.326 e. The standard InChI is InChI=1S/C20H17FNO2P/c21-16-8-7-9-17(14-16)22-20(23)15-25(24,18-10-3-1-4-11-18)19-12-5-2-6-13-19/h1-14H,15H2,(H,22,23). The van der Waals surface area contributed by atoms with Gasteiger partial charge in [-0.15, -0.1) is 0 Å². The summed E-state index contributed by atoms with van der Waals surface area (Å²) in [6, 6.07) is 23.6. The predicted octanol–water partition coefficient (Wildman–Crippen LogP) is 3.78. The first-order valence-electron chi connectivity index (χ1n) is 7.84. The Labute approximate surface area is 145 Å². The average Bonchev–Trinajstić information content (AvgIpc) is 2.63. The minimum atomic E-state index is -3.13. The lowest BCUT2D eigenvalue weighted by molar-refractivity contribution is -0.113. The van der Waals surface area contributed by atoms with Crippen LogP contribution in [0.2, 0.25) is 0 Å². The molecule has 25 heavy (non-hydrogen) atoms. The molecule has 0 aliphatic rings. The molecule has 0 aliphatic heterocycles. The lowest BCUT2D eigenvalue weighted by Gasteiger charge is -2.19. The average molecular weight is 353 g/mol. The summed E-state index contributed by atoms with van der Waals surface area (Å²) in [5.41, 5.74) is 0.345. The highest BCUT2D eigenvalue weighted by atomic mass is 31.2. The normalized spacial score (nSPS) is 11.1. The fraction of sp³-hybridized carbons (Fsp3) is 0.0500. The minimum absolute atomic E-state index is 0.183. The highest BCUT2D eigenvalue weighted by Gasteiger charge is 2.30. The number of halogens is 1. The molecule has 1 N–H and O–H groups in total. The van der Waals surface area contributed by atoms with E-state index in [4.69, 9.17) is 0 Å². The van der Waals surface area contributed by atoms with Crippen LogP contribution in [-0.4, -0.2) is 12.1 Å². The van der Waals surface area contributed by atoms with E-state index >= 15 is 0 Å². The number of carbonyl (C=O) groups excluding carboxylic acids is 1. The number of nitrogens with one attached hydrogen (secondary N) is 1. The Balaban J connectivity index is 1.91. The van der Waals surface area contributed by atoms with Crippen molar-refractivity contribution in [2.75, 3.05) is 11.5 Å². The van der Waals surface area contributed by atoms with Crippen LogP contribution in [-0.2, 0) is 9.36 Å². The molecule has 0 atom stereocenters. The molecule has 1 amide bonds. The molecule has 126 valence electrons. The van der Waals surface area contributed by atoms with Gasteiger partial charge in [-0.2, -0.15) is 0 Å². The Kier molecular flexibility index (Phi) is 5.11. The number of benzene rings is 3. The fourth-order valence-electron chi connectivity index (χ4n) is 2.64. The van der Waals surface area contributed by atoms with E-state index in [1.807, 2.05) is 12.1 Å². The molecule has 3 aromatic rings. The van der Waals surface area contributed by atoms with Crippen LogP contribution >= 0.6 is 7.14 Å². The van der Waals surface area contributed by atoms with Gasteiger partial charge in [0.25, 0.3) is 0 Å². The zero-order valence-electron chi connectivity index (χ0n) is 13.4. The van der Waals surface area contributed by atoms with E-state index < -0.39 is 18.9 Å². The van der Waals surface area contributed by atoms with Crippen molar-refractivity contribution >= 4 is 29.3 Å². The minimum Gasteiger partial charge on any atom is -0.326 e. The molecular formula is C20H17FNO2P. The number of anilines is 1. The van der Waals surface area contributed by atoms with E-state index in [1.54, 1.807) is 54.6 Å². The van der Waals surface area contributed by atoms with E-state index in [1.165, 1.54) is 18.2 Å². The van der Waals surface area contributed by atoms with E-state index in [0.29, 0.717) is 16.3 Å². The van der Waals surface area contributed by atoms with Crippen LogP contribution in [0.3, 0.4) is 0 Å². The summed E-state index contributed by atoms with van der Waals surface area (Å²) in [7, 11) is -3.13. The van der Waals surface area contributed by atoms with Gasteiger partial charge < -0.3 is 9.88 Å². The van der Waals surface area contributed by atoms with Gasteiger partial charge in [0.1, 0.15) is 5.82 Å². The Morgan fingerprint density at radius 3 is 1.92 bits per heavy atom. The van der Waals surface area contributed by atoms with Crippen molar-refractivity contribution in [3.05, 3.63) is 90.7 Å². The molecule has 0 unspecified atom stereocenters. The summed E-state index contributed by atoms with van der Waals surface area (Å²) in [6.07, 6.45) is -0.183. The quantitative estimate of drug-likeness (QED) is 0.710. The zero-order valence-corrected chi connectivity index (χ0v) is 14.3. The first-order valence-corrected chi connectivity index (χ1v) is 9.73. The van der Waals surface area contributed by atoms with Crippen molar-refractivity contribution in [2.45, 2.75) is 0 Å². The van der Waals surface area contributed by atoms with Crippen molar-refractivity contribution < 1.29 is 13.8 Å². The molecule has 0 spiro atoms. The third-order valence-electron chi connectivity index (χ3n) is 3.82. The van der Waals surface area contributed by atoms with E-state index in [0.717, 1.165) is 0 Å². The summed E-state index contributed by atoms with van der Waals surface area (Å²) >= 11 is 0. The van der Waals surface area contributed by atoms with Crippen LogP contribution in [0.15, 0.2) is 84.9 Å². The molecule has 0 fully saturated rings. The number of hydrogen-bond acceptors (Lipinski definition) is 2. The Hall–Kier alpha value is -2.71. The number of hydrogen-bond donors (Lipinski definition) is 1. The van der Waals surface area contributed by atoms with Gasteiger partial charge in [-0.25, -0.2) is 4.39 Å². The van der Waals surface area contributed by atoms with E-state index in [2.05, 4.69) is 5.32 Å². The SMILES string of the molecule is O=C(CP(=O)(c1ccccc1)c1ccccc1)Nc1cccc(F)c1. The zero-order chi connectivity index (χ0) is 17.7. The molecular weight excluding hydrogens is 336 g/mol. The van der Waals surface area contributed by atoms with Crippen LogP contribution < -0.4 is 15.9 Å². The summed E-state index contributed by atoms with van der Waals surface area (Å²) < 4.78 is 27.0. The monoisotopic (exact) mass is 353 g/mol. The maximum atomic E-state index is 13.7. The van der Waals surface area contributed by atoms with Crippen molar-refractivity contribution in [2.24, 2.45) is 0 Å². The van der Waals surface area contributed by atoms with Gasteiger partial charge in [0.2, 0.25) is 5.91 Å². The highest BCUT2D eigenvalue weighted by molar-refractivity contribution is 7.79. The lowest BCUT2D eigenvalue weighted by Crippen LogP contribution is -2.26. The molecule has 0 bridgehead atoms. The number of rotatable bonds is 5. The van der Waals surface area contributed by atoms with Crippen LogP contribution in [0.5, 0.6) is 0 Å². The first-order chi connectivity index (χ1) is 12.1. The maximum Gasteiger partial charge on any atom is 0.232 e. The summed E-state index contributed by atoms with van der Waals surface area (Å²) in [6.45, 7) is 0. The summed E-state index contributed by atoms with van der Waals surface area (Å²) in [5, 5.41) is 3.87. The third-order valence-corrected chi connectivity index (χ3v) is 6.82. The number of amides is 1. The van der Waals surface area contributed by atoms with Crippen LogP contribution in [0, 0.1) is 5.82 Å². The van der Waals surface area contributed by atoms with Gasteiger partial charge in [-0.05, 0) is 18.2 Å².